The van der Waals surface area contributed by atoms with Crippen molar-refractivity contribution in [3.63, 3.8) is 0 Å². The first kappa shape index (κ1) is 21.2. The van der Waals surface area contributed by atoms with E-state index in [2.05, 4.69) is 86.2 Å². The van der Waals surface area contributed by atoms with E-state index in [0.29, 0.717) is 12.1 Å². The third-order valence-corrected chi connectivity index (χ3v) is 9.28. The fourth-order valence-electron chi connectivity index (χ4n) is 6.82. The predicted molar refractivity (Wildman–Crippen MR) is 149 cm³/mol. The van der Waals surface area contributed by atoms with Crippen LogP contribution in [-0.4, -0.2) is 32.0 Å². The summed E-state index contributed by atoms with van der Waals surface area (Å²) in [7, 11) is 0. The summed E-state index contributed by atoms with van der Waals surface area (Å²) in [4.78, 5) is 16.5. The van der Waals surface area contributed by atoms with Gasteiger partial charge in [0.2, 0.25) is 0 Å². The molecule has 0 bridgehead atoms. The Morgan fingerprint density at radius 2 is 1.03 bits per heavy atom. The Hall–Kier alpha value is -3.74. The maximum atomic E-state index is 4.69. The Balaban J connectivity index is 0.938. The number of fused-ring (bicyclic) bond motifs is 3. The van der Waals surface area contributed by atoms with Crippen LogP contribution in [0.2, 0.25) is 0 Å². The van der Waals surface area contributed by atoms with Gasteiger partial charge in [-0.1, -0.05) is 48.5 Å². The third kappa shape index (κ3) is 3.55. The number of H-pyrrole nitrogens is 2. The summed E-state index contributed by atoms with van der Waals surface area (Å²) in [6.45, 7) is 0. The lowest BCUT2D eigenvalue weighted by Gasteiger charge is -2.10. The van der Waals surface area contributed by atoms with Crippen LogP contribution < -0.4 is 10.6 Å². The molecular formula is C32H30N6. The molecule has 0 unspecified atom stereocenters. The number of aromatic nitrogens is 4. The van der Waals surface area contributed by atoms with Crippen molar-refractivity contribution in [2.45, 2.75) is 49.9 Å². The molecule has 2 aliphatic heterocycles. The zero-order valence-electron chi connectivity index (χ0n) is 21.1. The lowest BCUT2D eigenvalue weighted by molar-refractivity contribution is 0.543. The van der Waals surface area contributed by atoms with Crippen LogP contribution >= 0.6 is 0 Å². The first-order chi connectivity index (χ1) is 18.7. The molecule has 4 N–H and O–H groups in total. The minimum atomic E-state index is 0.381. The molecule has 6 heteroatoms. The predicted octanol–water partition coefficient (Wildman–Crippen LogP) is 6.13. The zero-order chi connectivity index (χ0) is 24.8. The van der Waals surface area contributed by atoms with Crippen molar-refractivity contribution in [1.29, 1.82) is 0 Å². The van der Waals surface area contributed by atoms with Crippen LogP contribution in [0.4, 0.5) is 0 Å². The summed E-state index contributed by atoms with van der Waals surface area (Å²) in [5.41, 5.74) is 6.97. The minimum Gasteiger partial charge on any atom is -0.341 e. The molecule has 6 nitrogen and oxygen atoms in total. The second-order valence-corrected chi connectivity index (χ2v) is 11.8. The van der Waals surface area contributed by atoms with Crippen LogP contribution in [0.3, 0.4) is 0 Å². The quantitative estimate of drug-likeness (QED) is 0.235. The van der Waals surface area contributed by atoms with Crippen molar-refractivity contribution in [2.75, 3.05) is 0 Å². The Morgan fingerprint density at radius 1 is 0.526 bits per heavy atom. The molecule has 9 rings (SSSR count). The number of benzene rings is 3. The molecule has 188 valence electrons. The molecule has 2 aliphatic carbocycles. The number of piperidine rings is 2. The van der Waals surface area contributed by atoms with Gasteiger partial charge >= 0.3 is 0 Å². The highest BCUT2D eigenvalue weighted by Crippen LogP contribution is 2.46. The smallest absolute Gasteiger partial charge is 0.123 e. The normalized spacial score (nSPS) is 28.9. The van der Waals surface area contributed by atoms with Crippen LogP contribution in [0.5, 0.6) is 0 Å². The highest BCUT2D eigenvalue weighted by Gasteiger charge is 2.47. The van der Waals surface area contributed by atoms with Gasteiger partial charge in [0, 0.05) is 17.6 Å². The van der Waals surface area contributed by atoms with Gasteiger partial charge in [0.1, 0.15) is 11.6 Å². The lowest BCUT2D eigenvalue weighted by atomic mass is 9.98. The topological polar surface area (TPSA) is 81.4 Å². The molecular weight excluding hydrogens is 468 g/mol. The number of hydrogen-bond donors (Lipinski definition) is 4. The summed E-state index contributed by atoms with van der Waals surface area (Å²) in [5, 5.41) is 9.85. The van der Waals surface area contributed by atoms with Crippen molar-refractivity contribution in [1.82, 2.24) is 30.6 Å². The van der Waals surface area contributed by atoms with E-state index in [-0.39, 0.29) is 0 Å². The van der Waals surface area contributed by atoms with Crippen LogP contribution in [-0.2, 0) is 0 Å². The van der Waals surface area contributed by atoms with Crippen LogP contribution in [0, 0.1) is 11.8 Å². The molecule has 3 aromatic carbocycles. The molecule has 2 saturated carbocycles. The minimum absolute atomic E-state index is 0.381. The van der Waals surface area contributed by atoms with Gasteiger partial charge in [0.05, 0.1) is 35.9 Å². The maximum absolute atomic E-state index is 4.69. The number of rotatable bonds is 5. The fourth-order valence-corrected chi connectivity index (χ4v) is 6.82. The number of aromatic amines is 2. The third-order valence-electron chi connectivity index (χ3n) is 9.28. The van der Waals surface area contributed by atoms with E-state index in [1.54, 1.807) is 0 Å². The Morgan fingerprint density at radius 3 is 1.61 bits per heavy atom. The highest BCUT2D eigenvalue weighted by molar-refractivity contribution is 5.90. The lowest BCUT2D eigenvalue weighted by Crippen LogP contribution is -2.18. The molecule has 4 fully saturated rings. The number of hydrogen-bond acceptors (Lipinski definition) is 4. The maximum Gasteiger partial charge on any atom is 0.123 e. The monoisotopic (exact) mass is 498 g/mol. The fraction of sp³-hybridized carbons (Fsp3) is 0.312. The number of nitrogens with one attached hydrogen (secondary N) is 4. The molecule has 6 atom stereocenters. The van der Waals surface area contributed by atoms with Gasteiger partial charge in [-0.25, -0.2) is 9.97 Å². The van der Waals surface area contributed by atoms with Gasteiger partial charge < -0.3 is 20.6 Å². The van der Waals surface area contributed by atoms with E-state index in [0.717, 1.165) is 47.0 Å². The molecule has 5 aromatic rings. The summed E-state index contributed by atoms with van der Waals surface area (Å²) >= 11 is 0. The van der Waals surface area contributed by atoms with Gasteiger partial charge in [0.15, 0.2) is 0 Å². The van der Waals surface area contributed by atoms with Crippen molar-refractivity contribution < 1.29 is 0 Å². The molecule has 38 heavy (non-hydrogen) atoms. The van der Waals surface area contributed by atoms with Gasteiger partial charge in [-0.05, 0) is 77.1 Å². The van der Waals surface area contributed by atoms with Crippen LogP contribution in [0.25, 0.3) is 44.4 Å². The molecule has 2 aromatic heterocycles. The summed E-state index contributed by atoms with van der Waals surface area (Å²) in [5.74, 6) is 3.87. The highest BCUT2D eigenvalue weighted by atomic mass is 15.1. The molecule has 0 radical (unpaired) electrons. The molecule has 4 aliphatic rings. The largest absolute Gasteiger partial charge is 0.341 e. The summed E-state index contributed by atoms with van der Waals surface area (Å²) < 4.78 is 0. The van der Waals surface area contributed by atoms with E-state index in [4.69, 9.17) is 4.98 Å². The van der Waals surface area contributed by atoms with Crippen molar-refractivity contribution in [3.05, 3.63) is 84.7 Å². The van der Waals surface area contributed by atoms with Crippen molar-refractivity contribution >= 4 is 10.8 Å². The van der Waals surface area contributed by atoms with Crippen molar-refractivity contribution in [2.24, 2.45) is 11.8 Å². The first-order valence-corrected chi connectivity index (χ1v) is 14.0. The van der Waals surface area contributed by atoms with E-state index in [1.807, 2.05) is 12.4 Å². The van der Waals surface area contributed by atoms with E-state index in [9.17, 15) is 0 Å². The van der Waals surface area contributed by atoms with E-state index < -0.39 is 0 Å². The van der Waals surface area contributed by atoms with Gasteiger partial charge in [0.25, 0.3) is 0 Å². The standard InChI is InChI=1S/C32H30N6/c1-3-18(29-15-33-31(37-29)27-13-23-11-25(23)35-27)4-2-17(1)19-5-6-21-10-22(8-7-20(21)9-19)30-16-34-32(38-30)28-14-24-12-26(24)36-28/h1-10,15-16,23-28,35-36H,11-14H2,(H,33,37)(H,34,38)/t23-,24-,25-,26-,27+,28+/m1/s1. The van der Waals surface area contributed by atoms with Crippen molar-refractivity contribution in [3.8, 4) is 33.6 Å². The van der Waals surface area contributed by atoms with Crippen LogP contribution in [0.15, 0.2) is 73.1 Å². The van der Waals surface area contributed by atoms with Crippen LogP contribution in [0.1, 0.15) is 49.4 Å². The SMILES string of the molecule is c1cc(-c2cnc([C@@H]3C[C@H]4C[C@H]4N3)[nH]2)ccc1-c1ccc2cc(-c3cnc([C@@H]4C[C@H]5C[C@H]5N4)[nH]3)ccc2c1. The van der Waals surface area contributed by atoms with E-state index in [1.165, 1.54) is 58.7 Å². The molecule has 2 saturated heterocycles. The van der Waals surface area contributed by atoms with Gasteiger partial charge in [-0.2, -0.15) is 0 Å². The van der Waals surface area contributed by atoms with Gasteiger partial charge in [-0.15, -0.1) is 0 Å². The Bertz CT molecular complexity index is 1660. The molecule has 0 spiro atoms. The second kappa shape index (κ2) is 7.88. The number of nitrogens with zero attached hydrogens (tertiary/aromatic N) is 2. The number of imidazole rings is 2. The Kier molecular flexibility index (Phi) is 4.40. The van der Waals surface area contributed by atoms with Gasteiger partial charge in [-0.3, -0.25) is 0 Å². The molecule has 0 amide bonds. The summed E-state index contributed by atoms with van der Waals surface area (Å²) in [6.07, 6.45) is 9.05. The van der Waals surface area contributed by atoms with E-state index >= 15 is 0 Å². The first-order valence-electron chi connectivity index (χ1n) is 14.0. The average molecular weight is 499 g/mol. The molecule has 4 heterocycles. The summed E-state index contributed by atoms with van der Waals surface area (Å²) in [6, 6.07) is 24.4. The Labute approximate surface area is 221 Å². The average Bonchev–Trinajstić information content (AvgIpc) is 3.52. The zero-order valence-corrected chi connectivity index (χ0v) is 21.1. The second-order valence-electron chi connectivity index (χ2n) is 11.8.